The van der Waals surface area contributed by atoms with E-state index in [1.165, 1.54) is 44.9 Å². The maximum absolute atomic E-state index is 12.5. The number of allylic oxidation sites excluding steroid dienone is 12. The third-order valence-electron chi connectivity index (χ3n) is 7.86. The number of rotatable bonds is 36. The van der Waals surface area contributed by atoms with Crippen LogP contribution in [0.5, 0.6) is 0 Å². The minimum absolute atomic E-state index is 0.0431. The van der Waals surface area contributed by atoms with Crippen LogP contribution in [0.1, 0.15) is 149 Å². The highest BCUT2D eigenvalue weighted by molar-refractivity contribution is 7.47. The molecule has 0 rings (SSSR count). The summed E-state index contributed by atoms with van der Waals surface area (Å²) >= 11 is 0. The summed E-state index contributed by atoms with van der Waals surface area (Å²) in [4.78, 5) is 34.7. The van der Waals surface area contributed by atoms with Crippen molar-refractivity contribution in [1.82, 2.24) is 0 Å². The van der Waals surface area contributed by atoms with Crippen molar-refractivity contribution in [2.75, 3.05) is 26.4 Å². The number of carbonyl (C=O) groups excluding carboxylic acids is 2. The van der Waals surface area contributed by atoms with Gasteiger partial charge in [0.25, 0.3) is 0 Å². The molecule has 0 aliphatic heterocycles. The van der Waals surface area contributed by atoms with Crippen molar-refractivity contribution in [2.24, 2.45) is 5.73 Å². The monoisotopic (exact) mass is 749 g/mol. The number of nitrogens with two attached hydrogens (primary N) is 1. The predicted octanol–water partition coefficient (Wildman–Crippen LogP) is 11.1. The molecular weight excluding hydrogens is 677 g/mol. The summed E-state index contributed by atoms with van der Waals surface area (Å²) in [6.45, 7) is 3.52. The van der Waals surface area contributed by atoms with E-state index in [1.807, 2.05) is 0 Å². The second kappa shape index (κ2) is 38.2. The minimum Gasteiger partial charge on any atom is -0.462 e. The molecule has 0 spiro atoms. The van der Waals surface area contributed by atoms with Gasteiger partial charge in [0.2, 0.25) is 0 Å². The summed E-state index contributed by atoms with van der Waals surface area (Å²) in [6, 6.07) is 0. The number of carbonyl (C=O) groups is 2. The minimum atomic E-state index is -4.39. The Bertz CT molecular complexity index is 1080. The van der Waals surface area contributed by atoms with Crippen molar-refractivity contribution in [3.8, 4) is 0 Å². The second-order valence-corrected chi connectivity index (χ2v) is 14.2. The molecule has 0 aliphatic rings. The molecule has 2 unspecified atom stereocenters. The van der Waals surface area contributed by atoms with Crippen molar-refractivity contribution in [1.29, 1.82) is 0 Å². The summed E-state index contributed by atoms with van der Waals surface area (Å²) in [7, 11) is -4.39. The number of hydrogen-bond donors (Lipinski definition) is 2. The largest absolute Gasteiger partial charge is 0.472 e. The molecule has 0 aliphatic carbocycles. The van der Waals surface area contributed by atoms with E-state index in [-0.39, 0.29) is 32.6 Å². The van der Waals surface area contributed by atoms with Crippen molar-refractivity contribution < 1.29 is 37.6 Å². The van der Waals surface area contributed by atoms with Crippen molar-refractivity contribution >= 4 is 19.8 Å². The van der Waals surface area contributed by atoms with Crippen molar-refractivity contribution in [3.63, 3.8) is 0 Å². The summed E-state index contributed by atoms with van der Waals surface area (Å²) in [5.41, 5.74) is 5.33. The normalized spacial score (nSPS) is 14.2. The molecule has 0 radical (unpaired) electrons. The number of phosphoric acid groups is 1. The number of ether oxygens (including phenoxy) is 2. The molecule has 52 heavy (non-hydrogen) atoms. The Kier molecular flexibility index (Phi) is 36.3. The lowest BCUT2D eigenvalue weighted by Crippen LogP contribution is -2.29. The topological polar surface area (TPSA) is 134 Å². The van der Waals surface area contributed by atoms with E-state index in [2.05, 4.69) is 86.8 Å². The zero-order valence-corrected chi connectivity index (χ0v) is 33.4. The summed E-state index contributed by atoms with van der Waals surface area (Å²) in [5.74, 6) is -0.888. The first-order valence-corrected chi connectivity index (χ1v) is 21.4. The molecule has 0 heterocycles. The third kappa shape index (κ3) is 37.2. The van der Waals surface area contributed by atoms with Gasteiger partial charge in [-0.1, -0.05) is 145 Å². The van der Waals surface area contributed by atoms with Gasteiger partial charge in [-0.25, -0.2) is 4.57 Å². The Balaban J connectivity index is 4.29. The maximum Gasteiger partial charge on any atom is 0.472 e. The number of unbranched alkanes of at least 4 members (excludes halogenated alkanes) is 11. The summed E-state index contributed by atoms with van der Waals surface area (Å²) < 4.78 is 32.6. The average Bonchev–Trinajstić information content (AvgIpc) is 3.13. The predicted molar refractivity (Wildman–Crippen MR) is 215 cm³/mol. The SMILES string of the molecule is CC/C=C\C/C=C\C/C=C\C/C=C\C/C=C\C/C=C\CCCCC(=O)OC(COC(=O)CCCCCCCCCCCC)COP(=O)(O)OCCN. The van der Waals surface area contributed by atoms with Crippen LogP contribution in [-0.4, -0.2) is 49.3 Å². The van der Waals surface area contributed by atoms with Crippen LogP contribution in [0.15, 0.2) is 72.9 Å². The highest BCUT2D eigenvalue weighted by Gasteiger charge is 2.25. The first-order valence-electron chi connectivity index (χ1n) is 19.9. The molecule has 0 aromatic carbocycles. The fraction of sp³-hybridized carbons (Fsp3) is 0.667. The van der Waals surface area contributed by atoms with E-state index in [0.717, 1.165) is 70.6 Å². The fourth-order valence-corrected chi connectivity index (χ4v) is 5.69. The van der Waals surface area contributed by atoms with Gasteiger partial charge in [-0.3, -0.25) is 18.6 Å². The van der Waals surface area contributed by atoms with E-state index in [1.54, 1.807) is 0 Å². The van der Waals surface area contributed by atoms with Gasteiger partial charge in [-0.05, 0) is 64.2 Å². The van der Waals surface area contributed by atoms with Gasteiger partial charge in [0, 0.05) is 19.4 Å². The van der Waals surface area contributed by atoms with Gasteiger partial charge in [0.15, 0.2) is 6.10 Å². The van der Waals surface area contributed by atoms with Crippen LogP contribution in [0, 0.1) is 0 Å². The van der Waals surface area contributed by atoms with Crippen LogP contribution in [0.4, 0.5) is 0 Å². The van der Waals surface area contributed by atoms with Gasteiger partial charge in [0.1, 0.15) is 6.61 Å². The van der Waals surface area contributed by atoms with Crippen LogP contribution in [-0.2, 0) is 32.7 Å². The van der Waals surface area contributed by atoms with Crippen LogP contribution in [0.3, 0.4) is 0 Å². The maximum atomic E-state index is 12.5. The molecule has 10 heteroatoms. The molecule has 0 saturated carbocycles. The smallest absolute Gasteiger partial charge is 0.462 e. The molecule has 0 bridgehead atoms. The lowest BCUT2D eigenvalue weighted by Gasteiger charge is -2.19. The van der Waals surface area contributed by atoms with Gasteiger partial charge in [0.05, 0.1) is 13.2 Å². The van der Waals surface area contributed by atoms with E-state index < -0.39 is 32.5 Å². The Labute approximate surface area is 316 Å². The van der Waals surface area contributed by atoms with Crippen molar-refractivity contribution in [2.45, 2.75) is 155 Å². The highest BCUT2D eigenvalue weighted by Crippen LogP contribution is 2.43. The van der Waals surface area contributed by atoms with Crippen molar-refractivity contribution in [3.05, 3.63) is 72.9 Å². The zero-order valence-electron chi connectivity index (χ0n) is 32.5. The van der Waals surface area contributed by atoms with Gasteiger partial charge >= 0.3 is 19.8 Å². The van der Waals surface area contributed by atoms with E-state index >= 15 is 0 Å². The van der Waals surface area contributed by atoms with Gasteiger partial charge in [-0.2, -0.15) is 0 Å². The molecule has 0 aromatic rings. The quantitative estimate of drug-likeness (QED) is 0.0278. The van der Waals surface area contributed by atoms with Crippen LogP contribution >= 0.6 is 7.82 Å². The van der Waals surface area contributed by atoms with E-state index in [4.69, 9.17) is 24.3 Å². The van der Waals surface area contributed by atoms with Crippen LogP contribution in [0.2, 0.25) is 0 Å². The molecule has 298 valence electrons. The van der Waals surface area contributed by atoms with E-state index in [0.29, 0.717) is 6.42 Å². The van der Waals surface area contributed by atoms with Crippen LogP contribution in [0.25, 0.3) is 0 Å². The molecule has 3 N–H and O–H groups in total. The van der Waals surface area contributed by atoms with Crippen LogP contribution < -0.4 is 5.73 Å². The van der Waals surface area contributed by atoms with Gasteiger partial charge in [-0.15, -0.1) is 0 Å². The second-order valence-electron chi connectivity index (χ2n) is 12.8. The first kappa shape index (κ1) is 49.5. The number of phosphoric ester groups is 1. The fourth-order valence-electron chi connectivity index (χ4n) is 4.93. The highest BCUT2D eigenvalue weighted by atomic mass is 31.2. The molecule has 2 atom stereocenters. The van der Waals surface area contributed by atoms with E-state index in [9.17, 15) is 19.0 Å². The average molecular weight is 750 g/mol. The molecule has 0 amide bonds. The first-order chi connectivity index (χ1) is 25.3. The van der Waals surface area contributed by atoms with Gasteiger partial charge < -0.3 is 20.1 Å². The summed E-state index contributed by atoms with van der Waals surface area (Å²) in [6.07, 6.45) is 45.1. The molecule has 0 fully saturated rings. The molecular formula is C42H72NO8P. The third-order valence-corrected chi connectivity index (χ3v) is 8.84. The lowest BCUT2D eigenvalue weighted by molar-refractivity contribution is -0.161. The standard InChI is InChI=1S/C42H72NO8P/c1-3-5-7-9-11-13-15-16-17-18-19-20-21-22-23-24-25-27-29-31-33-35-42(45)51-40(39-50-52(46,47)49-37-36-43)38-48-41(44)34-32-30-28-26-14-12-10-8-6-4-2/h5,7,11,13,16-17,19-20,22-23,25,27,40H,3-4,6,8-10,12,14-15,18,21,24,26,28-39,43H2,1-2H3,(H,46,47)/b7-5-,13-11-,17-16-,20-19-,23-22-,27-25-. The molecule has 0 saturated heterocycles. The molecule has 0 aromatic heterocycles. The molecule has 9 nitrogen and oxygen atoms in total. The number of esters is 2. The zero-order chi connectivity index (χ0) is 38.2. The summed E-state index contributed by atoms with van der Waals surface area (Å²) in [5, 5.41) is 0. The Morgan fingerprint density at radius 2 is 1.06 bits per heavy atom. The Morgan fingerprint density at radius 1 is 0.596 bits per heavy atom. The Morgan fingerprint density at radius 3 is 1.58 bits per heavy atom. The number of hydrogen-bond acceptors (Lipinski definition) is 8. The Hall–Kier alpha value is -2.55. The lowest BCUT2D eigenvalue weighted by atomic mass is 10.1.